The van der Waals surface area contributed by atoms with Gasteiger partial charge in [-0.1, -0.05) is 6.07 Å². The van der Waals surface area contributed by atoms with Crippen LogP contribution in [0.2, 0.25) is 0 Å². The Morgan fingerprint density at radius 1 is 1.13 bits per heavy atom. The Labute approximate surface area is 176 Å². The molecule has 0 saturated carbocycles. The van der Waals surface area contributed by atoms with Crippen LogP contribution in [-0.2, 0) is 11.3 Å². The van der Waals surface area contributed by atoms with Gasteiger partial charge in [-0.25, -0.2) is 9.97 Å². The molecule has 2 bridgehead atoms. The van der Waals surface area contributed by atoms with Crippen molar-refractivity contribution >= 4 is 28.4 Å². The third-order valence-corrected chi connectivity index (χ3v) is 5.35. The van der Waals surface area contributed by atoms with E-state index in [2.05, 4.69) is 32.2 Å². The minimum atomic E-state index is 0.163. The molecule has 1 amide bonds. The summed E-state index contributed by atoms with van der Waals surface area (Å²) in [6, 6.07) is 7.79. The minimum Gasteiger partial charge on any atom is -0.494 e. The van der Waals surface area contributed by atoms with Crippen molar-refractivity contribution in [2.45, 2.75) is 25.8 Å². The summed E-state index contributed by atoms with van der Waals surface area (Å²) < 4.78 is 5.86. The average molecular weight is 409 g/mol. The van der Waals surface area contributed by atoms with E-state index >= 15 is 0 Å². The first kappa shape index (κ1) is 20.2. The average Bonchev–Trinajstić information content (AvgIpc) is 3.14. The summed E-state index contributed by atoms with van der Waals surface area (Å²) in [6.07, 6.45) is 5.67. The molecule has 0 atom stereocenters. The monoisotopic (exact) mass is 408 g/mol. The molecular weight excluding hydrogens is 380 g/mol. The molecule has 1 aliphatic heterocycles. The van der Waals surface area contributed by atoms with E-state index in [9.17, 15) is 4.79 Å². The summed E-state index contributed by atoms with van der Waals surface area (Å²) in [7, 11) is 3.97. The highest BCUT2D eigenvalue weighted by atomic mass is 16.5. The first-order chi connectivity index (χ1) is 14.6. The molecule has 0 unspecified atom stereocenters. The summed E-state index contributed by atoms with van der Waals surface area (Å²) >= 11 is 0. The van der Waals surface area contributed by atoms with Gasteiger partial charge in [-0.3, -0.25) is 4.79 Å². The van der Waals surface area contributed by atoms with Crippen LogP contribution in [0, 0.1) is 0 Å². The van der Waals surface area contributed by atoms with Crippen molar-refractivity contribution in [1.82, 2.24) is 24.8 Å². The zero-order valence-electron chi connectivity index (χ0n) is 17.5. The Kier molecular flexibility index (Phi) is 6.13. The maximum Gasteiger partial charge on any atom is 0.222 e. The highest BCUT2D eigenvalue weighted by Crippen LogP contribution is 2.28. The Bertz CT molecular complexity index is 1020. The molecule has 0 radical (unpaired) electrons. The van der Waals surface area contributed by atoms with Crippen LogP contribution >= 0.6 is 0 Å². The first-order valence-corrected chi connectivity index (χ1v) is 10.3. The lowest BCUT2D eigenvalue weighted by molar-refractivity contribution is -0.130. The number of aromatic nitrogens is 3. The number of amides is 1. The van der Waals surface area contributed by atoms with E-state index in [1.54, 1.807) is 6.33 Å². The van der Waals surface area contributed by atoms with Crippen molar-refractivity contribution < 1.29 is 9.53 Å². The van der Waals surface area contributed by atoms with E-state index < -0.39 is 0 Å². The number of rotatable bonds is 0. The van der Waals surface area contributed by atoms with Crippen LogP contribution < -0.4 is 10.1 Å². The Balaban J connectivity index is 1.64. The maximum atomic E-state index is 12.3. The molecule has 1 aliphatic rings. The molecule has 2 N–H and O–H groups in total. The van der Waals surface area contributed by atoms with Crippen molar-refractivity contribution in [3.05, 3.63) is 42.4 Å². The van der Waals surface area contributed by atoms with Crippen LogP contribution in [0.3, 0.4) is 0 Å². The molecule has 3 heterocycles. The molecule has 4 rings (SSSR count). The number of nitrogens with one attached hydrogen (secondary N) is 2. The molecule has 2 aromatic heterocycles. The number of fused-ring (bicyclic) bond motifs is 2. The lowest BCUT2D eigenvalue weighted by Gasteiger charge is -2.21. The summed E-state index contributed by atoms with van der Waals surface area (Å²) in [6.45, 7) is 2.91. The van der Waals surface area contributed by atoms with Crippen LogP contribution in [0.4, 0.5) is 11.5 Å². The normalized spacial score (nSPS) is 17.1. The smallest absolute Gasteiger partial charge is 0.222 e. The van der Waals surface area contributed by atoms with Gasteiger partial charge in [0.25, 0.3) is 0 Å². The summed E-state index contributed by atoms with van der Waals surface area (Å²) in [5, 5.41) is 4.40. The van der Waals surface area contributed by atoms with Crippen molar-refractivity contribution in [1.29, 1.82) is 0 Å². The Morgan fingerprint density at radius 2 is 2.03 bits per heavy atom. The topological polar surface area (TPSA) is 86.4 Å². The van der Waals surface area contributed by atoms with Crippen molar-refractivity contribution in [3.8, 4) is 5.75 Å². The largest absolute Gasteiger partial charge is 0.494 e. The first-order valence-electron chi connectivity index (χ1n) is 10.3. The molecule has 0 saturated heterocycles. The maximum absolute atomic E-state index is 12.3. The lowest BCUT2D eigenvalue weighted by Crippen LogP contribution is -2.30. The van der Waals surface area contributed by atoms with Gasteiger partial charge in [0, 0.05) is 44.5 Å². The number of nitrogens with zero attached hydrogens (tertiary/aromatic N) is 4. The SMILES string of the molecule is CN1CCCN(C)C(=O)CCCOc2cccc(c2)Nc2ncnc3[nH]cc(c23)C1. The minimum absolute atomic E-state index is 0.163. The molecule has 1 aromatic carbocycles. The van der Waals surface area contributed by atoms with E-state index in [0.29, 0.717) is 19.4 Å². The second kappa shape index (κ2) is 9.13. The van der Waals surface area contributed by atoms with Crippen LogP contribution in [0.25, 0.3) is 11.0 Å². The summed E-state index contributed by atoms with van der Waals surface area (Å²) in [5.41, 5.74) is 2.83. The zero-order chi connectivity index (χ0) is 20.9. The third-order valence-electron chi connectivity index (χ3n) is 5.35. The van der Waals surface area contributed by atoms with E-state index in [4.69, 9.17) is 4.74 Å². The molecule has 8 nitrogen and oxygen atoms in total. The Morgan fingerprint density at radius 3 is 2.93 bits per heavy atom. The van der Waals surface area contributed by atoms with Gasteiger partial charge in [0.1, 0.15) is 23.5 Å². The number of anilines is 2. The van der Waals surface area contributed by atoms with Gasteiger partial charge in [0.15, 0.2) is 0 Å². The second-order valence-electron chi connectivity index (χ2n) is 7.77. The van der Waals surface area contributed by atoms with Gasteiger partial charge < -0.3 is 24.8 Å². The Hall–Kier alpha value is -3.13. The summed E-state index contributed by atoms with van der Waals surface area (Å²) in [5.74, 6) is 1.70. The number of H-pyrrole nitrogens is 1. The standard InChI is InChI=1S/C22H28N6O2/c1-27-9-5-10-28(2)19(29)8-4-11-30-18-7-3-6-17(12-18)26-22-20-16(14-27)13-23-21(20)24-15-25-22/h3,6-7,12-13,15H,4-5,8-11,14H2,1-2H3,(H2,23,24,25,26). The van der Waals surface area contributed by atoms with E-state index in [-0.39, 0.29) is 5.91 Å². The second-order valence-corrected chi connectivity index (χ2v) is 7.77. The number of hydrogen-bond acceptors (Lipinski definition) is 6. The molecule has 0 fully saturated rings. The van der Waals surface area contributed by atoms with Gasteiger partial charge in [0.05, 0.1) is 12.0 Å². The number of ether oxygens (including phenoxy) is 1. The molecule has 0 spiro atoms. The lowest BCUT2D eigenvalue weighted by atomic mass is 10.2. The third kappa shape index (κ3) is 4.71. The summed E-state index contributed by atoms with van der Waals surface area (Å²) in [4.78, 5) is 28.5. The number of aromatic amines is 1. The fourth-order valence-corrected chi connectivity index (χ4v) is 3.72. The van der Waals surface area contributed by atoms with Crippen molar-refractivity contribution in [2.75, 3.05) is 39.1 Å². The van der Waals surface area contributed by atoms with Gasteiger partial charge >= 0.3 is 0 Å². The van der Waals surface area contributed by atoms with Crippen molar-refractivity contribution in [2.24, 2.45) is 0 Å². The highest BCUT2D eigenvalue weighted by molar-refractivity contribution is 5.92. The van der Waals surface area contributed by atoms with Crippen LogP contribution in [0.5, 0.6) is 5.75 Å². The zero-order valence-corrected chi connectivity index (χ0v) is 17.5. The molecule has 158 valence electrons. The predicted molar refractivity (Wildman–Crippen MR) is 117 cm³/mol. The molecule has 3 aromatic rings. The predicted octanol–water partition coefficient (Wildman–Crippen LogP) is 3.15. The molecular formula is C22H28N6O2. The highest BCUT2D eigenvalue weighted by Gasteiger charge is 2.14. The number of benzene rings is 1. The fraction of sp³-hybridized carbons (Fsp3) is 0.409. The van der Waals surface area contributed by atoms with Crippen LogP contribution in [-0.4, -0.2) is 64.5 Å². The molecule has 0 aliphatic carbocycles. The van der Waals surface area contributed by atoms with Crippen LogP contribution in [0.15, 0.2) is 36.8 Å². The van der Waals surface area contributed by atoms with Gasteiger partial charge in [-0.2, -0.15) is 0 Å². The number of hydrogen-bond donors (Lipinski definition) is 2. The number of carbonyl (C=O) groups excluding carboxylic acids is 1. The molecule has 30 heavy (non-hydrogen) atoms. The molecule has 8 heteroatoms. The fourth-order valence-electron chi connectivity index (χ4n) is 3.72. The van der Waals surface area contributed by atoms with Crippen molar-refractivity contribution in [3.63, 3.8) is 0 Å². The van der Waals surface area contributed by atoms with Crippen LogP contribution in [0.1, 0.15) is 24.8 Å². The van der Waals surface area contributed by atoms with Gasteiger partial charge in [0.2, 0.25) is 5.91 Å². The van der Waals surface area contributed by atoms with Gasteiger partial charge in [-0.15, -0.1) is 0 Å². The van der Waals surface area contributed by atoms with Gasteiger partial charge in [-0.05, 0) is 44.1 Å². The van der Waals surface area contributed by atoms with E-state index in [1.165, 1.54) is 0 Å². The quantitative estimate of drug-likeness (QED) is 0.594. The number of carbonyl (C=O) groups is 1. The van der Waals surface area contributed by atoms with E-state index in [1.807, 2.05) is 42.4 Å². The van der Waals surface area contributed by atoms with E-state index in [0.717, 1.165) is 59.9 Å².